The van der Waals surface area contributed by atoms with Crippen LogP contribution in [-0.4, -0.2) is 49.8 Å². The molecule has 0 amide bonds. The lowest BCUT2D eigenvalue weighted by molar-refractivity contribution is -0.155. The number of rotatable bonds is 6. The normalized spacial score (nSPS) is 24.7. The summed E-state index contributed by atoms with van der Waals surface area (Å²) < 4.78 is 79.4. The molecule has 3 heterocycles. The maximum Gasteiger partial charge on any atom is 0.401 e. The van der Waals surface area contributed by atoms with Gasteiger partial charge in [0.15, 0.2) is 0 Å². The van der Waals surface area contributed by atoms with Gasteiger partial charge in [0.2, 0.25) is 0 Å². The van der Waals surface area contributed by atoms with Crippen LogP contribution in [0.25, 0.3) is 0 Å². The van der Waals surface area contributed by atoms with Crippen LogP contribution >= 0.6 is 0 Å². The summed E-state index contributed by atoms with van der Waals surface area (Å²) >= 11 is 0. The maximum absolute atomic E-state index is 16.0. The van der Waals surface area contributed by atoms with Gasteiger partial charge in [-0.15, -0.1) is 0 Å². The van der Waals surface area contributed by atoms with E-state index in [1.54, 1.807) is 25.1 Å². The van der Waals surface area contributed by atoms with Gasteiger partial charge in [0, 0.05) is 42.3 Å². The van der Waals surface area contributed by atoms with Crippen LogP contribution in [0.15, 0.2) is 60.7 Å². The van der Waals surface area contributed by atoms with Crippen LogP contribution in [0.2, 0.25) is 0 Å². The Morgan fingerprint density at radius 3 is 2.45 bits per heavy atom. The van der Waals surface area contributed by atoms with Crippen molar-refractivity contribution in [2.45, 2.75) is 57.5 Å². The van der Waals surface area contributed by atoms with Gasteiger partial charge in [-0.25, -0.2) is 8.78 Å². The zero-order valence-corrected chi connectivity index (χ0v) is 23.7. The molecule has 4 nitrogen and oxygen atoms in total. The number of halogens is 5. The highest BCUT2D eigenvalue weighted by Gasteiger charge is 2.43. The Hall–Kier alpha value is -3.17. The van der Waals surface area contributed by atoms with Crippen LogP contribution < -0.4 is 15.0 Å². The first kappa shape index (κ1) is 28.9. The number of hydrogen-bond donors (Lipinski definition) is 1. The minimum Gasteiger partial charge on any atom is -0.489 e. The van der Waals surface area contributed by atoms with Crippen molar-refractivity contribution in [2.24, 2.45) is 5.41 Å². The lowest BCUT2D eigenvalue weighted by Crippen LogP contribution is -2.47. The van der Waals surface area contributed by atoms with Crippen molar-refractivity contribution in [3.63, 3.8) is 0 Å². The molecule has 0 bridgehead atoms. The molecule has 3 aliphatic rings. The van der Waals surface area contributed by atoms with E-state index < -0.39 is 36.4 Å². The molecule has 1 N–H and O–H groups in total. The molecular weight excluding hydrogens is 549 g/mol. The fourth-order valence-corrected chi connectivity index (χ4v) is 7.09. The molecule has 42 heavy (non-hydrogen) atoms. The number of alkyl halides is 3. The summed E-state index contributed by atoms with van der Waals surface area (Å²) in [7, 11) is 0. The number of hydrogen-bond acceptors (Lipinski definition) is 4. The van der Waals surface area contributed by atoms with E-state index in [0.717, 1.165) is 43.5 Å². The first-order valence-electron chi connectivity index (χ1n) is 14.7. The molecule has 3 atom stereocenters. The Labute approximate surface area is 243 Å². The second-order valence-corrected chi connectivity index (χ2v) is 12.2. The molecule has 0 aromatic heterocycles. The Morgan fingerprint density at radius 1 is 1.00 bits per heavy atom. The van der Waals surface area contributed by atoms with Gasteiger partial charge in [-0.1, -0.05) is 36.4 Å². The average Bonchev–Trinajstić information content (AvgIpc) is 3.40. The molecule has 3 aromatic rings. The smallest absolute Gasteiger partial charge is 0.401 e. The van der Waals surface area contributed by atoms with E-state index in [9.17, 15) is 13.2 Å². The third-order valence-corrected chi connectivity index (χ3v) is 9.13. The van der Waals surface area contributed by atoms with Crippen LogP contribution in [0.4, 0.5) is 27.6 Å². The van der Waals surface area contributed by atoms with E-state index in [-0.39, 0.29) is 11.0 Å². The third-order valence-electron chi connectivity index (χ3n) is 9.13. The predicted octanol–water partition coefficient (Wildman–Crippen LogP) is 7.02. The summed E-state index contributed by atoms with van der Waals surface area (Å²) in [5.41, 5.74) is 2.35. The largest absolute Gasteiger partial charge is 0.489 e. The van der Waals surface area contributed by atoms with E-state index in [1.807, 2.05) is 35.2 Å². The highest BCUT2D eigenvalue weighted by atomic mass is 19.4. The molecular formula is C33H36F5N3O. The molecule has 1 spiro atoms. The summed E-state index contributed by atoms with van der Waals surface area (Å²) in [6.07, 6.45) is -1.22. The molecule has 2 unspecified atom stereocenters. The van der Waals surface area contributed by atoms with E-state index in [2.05, 4.69) is 5.32 Å². The number of ether oxygens (including phenoxy) is 1. The van der Waals surface area contributed by atoms with E-state index >= 15 is 8.78 Å². The Balaban J connectivity index is 1.34. The summed E-state index contributed by atoms with van der Waals surface area (Å²) in [6.45, 7) is 3.94. The van der Waals surface area contributed by atoms with Gasteiger partial charge in [0.25, 0.3) is 0 Å². The predicted molar refractivity (Wildman–Crippen MR) is 153 cm³/mol. The molecule has 6 rings (SSSR count). The lowest BCUT2D eigenvalue weighted by atomic mass is 9.79. The molecule has 0 saturated carbocycles. The van der Waals surface area contributed by atoms with Gasteiger partial charge in [-0.05, 0) is 80.1 Å². The van der Waals surface area contributed by atoms with E-state index in [4.69, 9.17) is 4.74 Å². The van der Waals surface area contributed by atoms with Crippen molar-refractivity contribution >= 4 is 5.69 Å². The van der Waals surface area contributed by atoms with Crippen molar-refractivity contribution in [3.05, 3.63) is 94.6 Å². The number of benzene rings is 3. The SMILES string of the molecule is C[C@@H]1Cc2cc(OCc3ccccc3)ccc2C(c2c(F)cc(N3CCCC4(CCNC4)C3)cc2F)N1CC(F)(F)F. The minimum atomic E-state index is -4.53. The van der Waals surface area contributed by atoms with Gasteiger partial charge in [-0.3, -0.25) is 4.90 Å². The molecule has 3 aromatic carbocycles. The third kappa shape index (κ3) is 5.99. The Kier molecular flexibility index (Phi) is 7.91. The number of piperidine rings is 1. The van der Waals surface area contributed by atoms with Crippen molar-refractivity contribution < 1.29 is 26.7 Å². The maximum atomic E-state index is 16.0. The summed E-state index contributed by atoms with van der Waals surface area (Å²) in [5, 5.41) is 3.41. The molecule has 9 heteroatoms. The zero-order valence-electron chi connectivity index (χ0n) is 23.7. The average molecular weight is 586 g/mol. The standard InChI is InChI=1S/C33H36F5N3O/c1-22-14-24-15-26(42-18-23-6-3-2-4-7-23)8-9-27(24)31(41(22)21-33(36,37)38)30-28(34)16-25(17-29(30)35)40-13-5-10-32(20-40)11-12-39-19-32/h2-4,6-9,15-17,22,31,39H,5,10-14,18-21H2,1H3/t22-,31?,32?/m1/s1. The fraction of sp³-hybridized carbons (Fsp3) is 0.455. The lowest BCUT2D eigenvalue weighted by Gasteiger charge is -2.43. The highest BCUT2D eigenvalue weighted by molar-refractivity contribution is 5.53. The van der Waals surface area contributed by atoms with Gasteiger partial charge in [0.05, 0.1) is 12.6 Å². The molecule has 0 aliphatic carbocycles. The summed E-state index contributed by atoms with van der Waals surface area (Å²) in [6, 6.07) is 15.5. The van der Waals surface area contributed by atoms with Crippen LogP contribution in [0, 0.1) is 17.0 Å². The topological polar surface area (TPSA) is 27.7 Å². The first-order chi connectivity index (χ1) is 20.1. The number of nitrogens with zero attached hydrogens (tertiary/aromatic N) is 2. The van der Waals surface area contributed by atoms with Crippen molar-refractivity contribution in [2.75, 3.05) is 37.6 Å². The van der Waals surface area contributed by atoms with Crippen LogP contribution in [0.5, 0.6) is 5.75 Å². The number of fused-ring (bicyclic) bond motifs is 1. The number of nitrogens with one attached hydrogen (secondary N) is 1. The van der Waals surface area contributed by atoms with Crippen molar-refractivity contribution in [1.82, 2.24) is 10.2 Å². The zero-order chi connectivity index (χ0) is 29.5. The van der Waals surface area contributed by atoms with Gasteiger partial charge >= 0.3 is 6.18 Å². The monoisotopic (exact) mass is 585 g/mol. The second-order valence-electron chi connectivity index (χ2n) is 12.2. The van der Waals surface area contributed by atoms with Crippen LogP contribution in [-0.2, 0) is 13.0 Å². The van der Waals surface area contributed by atoms with Crippen LogP contribution in [0.1, 0.15) is 54.5 Å². The van der Waals surface area contributed by atoms with E-state index in [0.29, 0.717) is 43.1 Å². The Bertz CT molecular complexity index is 1380. The first-order valence-corrected chi connectivity index (χ1v) is 14.7. The number of anilines is 1. The minimum absolute atomic E-state index is 0.0887. The second kappa shape index (κ2) is 11.5. The molecule has 0 radical (unpaired) electrons. The molecule has 2 fully saturated rings. The van der Waals surface area contributed by atoms with Crippen LogP contribution in [0.3, 0.4) is 0 Å². The van der Waals surface area contributed by atoms with E-state index in [1.165, 1.54) is 17.0 Å². The quantitative estimate of drug-likeness (QED) is 0.315. The molecule has 3 aliphatic heterocycles. The van der Waals surface area contributed by atoms with Gasteiger partial charge in [0.1, 0.15) is 24.0 Å². The van der Waals surface area contributed by atoms with Crippen molar-refractivity contribution in [1.29, 1.82) is 0 Å². The molecule has 2 saturated heterocycles. The summed E-state index contributed by atoms with van der Waals surface area (Å²) in [5.74, 6) is -1.09. The fourth-order valence-electron chi connectivity index (χ4n) is 7.09. The van der Waals surface area contributed by atoms with Gasteiger partial charge in [-0.2, -0.15) is 13.2 Å². The van der Waals surface area contributed by atoms with Crippen molar-refractivity contribution in [3.8, 4) is 5.75 Å². The molecule has 224 valence electrons. The highest BCUT2D eigenvalue weighted by Crippen LogP contribution is 2.44. The van der Waals surface area contributed by atoms with Gasteiger partial charge < -0.3 is 15.0 Å². The summed E-state index contributed by atoms with van der Waals surface area (Å²) in [4.78, 5) is 3.20. The Morgan fingerprint density at radius 2 is 1.76 bits per heavy atom.